The third kappa shape index (κ3) is 12.6. The maximum absolute atomic E-state index is 13.4. The lowest BCUT2D eigenvalue weighted by Gasteiger charge is -2.29. The summed E-state index contributed by atoms with van der Waals surface area (Å²) in [5.74, 6) is -1.59. The summed E-state index contributed by atoms with van der Waals surface area (Å²) in [6.45, 7) is 15.7. The molecule has 0 aliphatic rings. The summed E-state index contributed by atoms with van der Waals surface area (Å²) in [6, 6.07) is 6.65. The molecule has 220 valence electrons. The molecule has 0 bridgehead atoms. The van der Waals surface area contributed by atoms with E-state index < -0.39 is 41.9 Å². The van der Waals surface area contributed by atoms with Crippen LogP contribution in [0.5, 0.6) is 0 Å². The smallest absolute Gasteiger partial charge is 0.243 e. The van der Waals surface area contributed by atoms with Gasteiger partial charge in [0.2, 0.25) is 23.6 Å². The molecule has 4 atom stereocenters. The second-order valence-electron chi connectivity index (χ2n) is 11.9. The fraction of sp³-hybridized carbons (Fsp3) is 0.667. The third-order valence-corrected chi connectivity index (χ3v) is 6.45. The van der Waals surface area contributed by atoms with Crippen molar-refractivity contribution < 1.29 is 19.2 Å². The van der Waals surface area contributed by atoms with Crippen LogP contribution in [-0.4, -0.2) is 54.3 Å². The van der Waals surface area contributed by atoms with Gasteiger partial charge in [0.15, 0.2) is 0 Å². The molecule has 0 fully saturated rings. The van der Waals surface area contributed by atoms with Gasteiger partial charge >= 0.3 is 0 Å². The highest BCUT2D eigenvalue weighted by Crippen LogP contribution is 2.11. The number of nitrogens with two attached hydrogens (primary N) is 1. The molecule has 0 aromatic heterocycles. The Morgan fingerprint density at radius 2 is 1.18 bits per heavy atom. The van der Waals surface area contributed by atoms with Gasteiger partial charge in [-0.15, -0.1) is 0 Å². The highest BCUT2D eigenvalue weighted by Gasteiger charge is 2.32. The zero-order chi connectivity index (χ0) is 29.7. The van der Waals surface area contributed by atoms with E-state index in [0.717, 1.165) is 5.56 Å². The minimum absolute atomic E-state index is 0.102. The molecule has 1 rings (SSSR count). The van der Waals surface area contributed by atoms with Gasteiger partial charge in [0.1, 0.15) is 18.1 Å². The van der Waals surface area contributed by atoms with Crippen LogP contribution in [0.25, 0.3) is 0 Å². The number of carbonyl (C=O) groups excluding carboxylic acids is 4. The molecular formula is C30H51N5O4. The van der Waals surface area contributed by atoms with E-state index in [2.05, 4.69) is 21.3 Å². The molecular weight excluding hydrogens is 494 g/mol. The summed E-state index contributed by atoms with van der Waals surface area (Å²) >= 11 is 0. The number of amides is 4. The van der Waals surface area contributed by atoms with Crippen LogP contribution in [0.4, 0.5) is 0 Å². The molecule has 0 radical (unpaired) electrons. The van der Waals surface area contributed by atoms with E-state index in [9.17, 15) is 19.2 Å². The van der Waals surface area contributed by atoms with E-state index in [4.69, 9.17) is 5.73 Å². The van der Waals surface area contributed by atoms with Crippen LogP contribution in [-0.2, 0) is 25.6 Å². The van der Waals surface area contributed by atoms with Crippen LogP contribution in [0.15, 0.2) is 30.3 Å². The summed E-state index contributed by atoms with van der Waals surface area (Å²) in [6.07, 6.45) is 1.56. The van der Waals surface area contributed by atoms with E-state index in [1.807, 2.05) is 85.7 Å². The molecule has 1 aromatic carbocycles. The number of carbonyl (C=O) groups is 4. The van der Waals surface area contributed by atoms with E-state index in [1.165, 1.54) is 0 Å². The van der Waals surface area contributed by atoms with Crippen LogP contribution in [0.3, 0.4) is 0 Å². The van der Waals surface area contributed by atoms with Crippen LogP contribution in [0, 0.1) is 23.7 Å². The van der Waals surface area contributed by atoms with Gasteiger partial charge in [-0.25, -0.2) is 0 Å². The maximum Gasteiger partial charge on any atom is 0.243 e. The van der Waals surface area contributed by atoms with Gasteiger partial charge in [0.05, 0.1) is 6.04 Å². The Kier molecular flexibility index (Phi) is 14.8. The topological polar surface area (TPSA) is 142 Å². The minimum Gasteiger partial charge on any atom is -0.354 e. The number of benzene rings is 1. The molecule has 0 aliphatic heterocycles. The minimum atomic E-state index is -0.863. The van der Waals surface area contributed by atoms with Crippen molar-refractivity contribution >= 4 is 23.6 Å². The van der Waals surface area contributed by atoms with E-state index >= 15 is 0 Å². The Morgan fingerprint density at radius 3 is 1.69 bits per heavy atom. The van der Waals surface area contributed by atoms with Crippen molar-refractivity contribution in [1.29, 1.82) is 0 Å². The van der Waals surface area contributed by atoms with Gasteiger partial charge in [0.25, 0.3) is 0 Å². The Morgan fingerprint density at radius 1 is 0.667 bits per heavy atom. The predicted octanol–water partition coefficient (Wildman–Crippen LogP) is 2.53. The van der Waals surface area contributed by atoms with Gasteiger partial charge in [-0.05, 0) is 48.5 Å². The summed E-state index contributed by atoms with van der Waals surface area (Å²) in [5, 5.41) is 11.4. The van der Waals surface area contributed by atoms with Gasteiger partial charge in [-0.3, -0.25) is 19.2 Å². The fourth-order valence-corrected chi connectivity index (χ4v) is 4.25. The van der Waals surface area contributed by atoms with Crippen molar-refractivity contribution in [1.82, 2.24) is 21.3 Å². The Labute approximate surface area is 234 Å². The second-order valence-corrected chi connectivity index (χ2v) is 11.9. The van der Waals surface area contributed by atoms with Crippen molar-refractivity contribution in [2.45, 2.75) is 98.8 Å². The fourth-order valence-electron chi connectivity index (χ4n) is 4.25. The van der Waals surface area contributed by atoms with Gasteiger partial charge in [-0.2, -0.15) is 0 Å². The van der Waals surface area contributed by atoms with E-state index in [-0.39, 0.29) is 29.6 Å². The summed E-state index contributed by atoms with van der Waals surface area (Å²) in [4.78, 5) is 52.2. The highest BCUT2D eigenvalue weighted by atomic mass is 16.2. The number of nitrogens with one attached hydrogen (secondary N) is 4. The summed E-state index contributed by atoms with van der Waals surface area (Å²) in [5.41, 5.74) is 7.13. The lowest BCUT2D eigenvalue weighted by Crippen LogP contribution is -2.59. The first-order valence-electron chi connectivity index (χ1n) is 14.2. The highest BCUT2D eigenvalue weighted by molar-refractivity contribution is 5.95. The molecule has 0 unspecified atom stereocenters. The molecule has 4 amide bonds. The molecule has 1 aromatic rings. The molecule has 39 heavy (non-hydrogen) atoms. The van der Waals surface area contributed by atoms with Crippen molar-refractivity contribution in [3.05, 3.63) is 35.9 Å². The Hall–Kier alpha value is -2.94. The molecule has 0 spiro atoms. The zero-order valence-corrected chi connectivity index (χ0v) is 25.0. The second kappa shape index (κ2) is 16.9. The summed E-state index contributed by atoms with van der Waals surface area (Å²) < 4.78 is 0. The largest absolute Gasteiger partial charge is 0.354 e. The van der Waals surface area contributed by atoms with Crippen molar-refractivity contribution in [3.63, 3.8) is 0 Å². The standard InChI is InChI=1S/C30H51N5O4/c1-18(2)16-23(31)27(36)34-26(21(7)8)30(39)33-24(17-19(3)4)28(37)35-25(20(5)6)29(38)32-15-14-22-12-10-9-11-13-22/h9-13,18-21,23-26H,14-17,31H2,1-8H3,(H,32,38)(H,33,39)(H,34,36)(H,35,37)/t23-,24-,25-,26-/m0/s1. The average molecular weight is 546 g/mol. The molecule has 0 saturated heterocycles. The number of hydrogen-bond donors (Lipinski definition) is 5. The molecule has 9 heteroatoms. The average Bonchev–Trinajstić information content (AvgIpc) is 2.84. The monoisotopic (exact) mass is 545 g/mol. The van der Waals surface area contributed by atoms with E-state index in [1.54, 1.807) is 0 Å². The molecule has 9 nitrogen and oxygen atoms in total. The van der Waals surface area contributed by atoms with Gasteiger partial charge < -0.3 is 27.0 Å². The Bertz CT molecular complexity index is 917. The predicted molar refractivity (Wildman–Crippen MR) is 156 cm³/mol. The first-order valence-corrected chi connectivity index (χ1v) is 14.2. The SMILES string of the molecule is CC(C)C[C@H](NC(=O)[C@@H](NC(=O)[C@@H](N)CC(C)C)C(C)C)C(=O)N[C@H](C(=O)NCCc1ccccc1)C(C)C. The van der Waals surface area contributed by atoms with Gasteiger partial charge in [-0.1, -0.05) is 85.7 Å². The van der Waals surface area contributed by atoms with Crippen LogP contribution < -0.4 is 27.0 Å². The molecule has 0 heterocycles. The van der Waals surface area contributed by atoms with Crippen LogP contribution >= 0.6 is 0 Å². The van der Waals surface area contributed by atoms with Crippen molar-refractivity contribution in [2.75, 3.05) is 6.54 Å². The van der Waals surface area contributed by atoms with Crippen LogP contribution in [0.1, 0.15) is 73.8 Å². The lowest BCUT2D eigenvalue weighted by molar-refractivity contribution is -0.135. The first-order chi connectivity index (χ1) is 18.2. The van der Waals surface area contributed by atoms with Crippen molar-refractivity contribution in [3.8, 4) is 0 Å². The summed E-state index contributed by atoms with van der Waals surface area (Å²) in [7, 11) is 0. The zero-order valence-electron chi connectivity index (χ0n) is 25.0. The van der Waals surface area contributed by atoms with Gasteiger partial charge in [0, 0.05) is 6.54 Å². The Balaban J connectivity index is 2.90. The lowest BCUT2D eigenvalue weighted by atomic mass is 9.97. The molecule has 0 aliphatic carbocycles. The molecule has 0 saturated carbocycles. The number of hydrogen-bond acceptors (Lipinski definition) is 5. The normalized spacial score (nSPS) is 14.6. The first kappa shape index (κ1) is 34.1. The number of rotatable bonds is 16. The maximum atomic E-state index is 13.4. The van der Waals surface area contributed by atoms with Crippen molar-refractivity contribution in [2.24, 2.45) is 29.4 Å². The van der Waals surface area contributed by atoms with E-state index in [0.29, 0.717) is 25.8 Å². The molecule has 6 N–H and O–H groups in total. The quantitative estimate of drug-likeness (QED) is 0.217. The third-order valence-electron chi connectivity index (χ3n) is 6.45. The van der Waals surface area contributed by atoms with Crippen LogP contribution in [0.2, 0.25) is 0 Å².